The zero-order valence-corrected chi connectivity index (χ0v) is 21.1. The lowest BCUT2D eigenvalue weighted by Crippen LogP contribution is -2.47. The van der Waals surface area contributed by atoms with Crippen molar-refractivity contribution in [3.05, 3.63) is 61.2 Å². The Morgan fingerprint density at radius 1 is 1.00 bits per heavy atom. The van der Waals surface area contributed by atoms with E-state index in [-0.39, 0.29) is 11.9 Å². The van der Waals surface area contributed by atoms with Gasteiger partial charge in [-0.25, -0.2) is 24.3 Å². The summed E-state index contributed by atoms with van der Waals surface area (Å²) in [5.74, 6) is 2.13. The van der Waals surface area contributed by atoms with Gasteiger partial charge in [0.2, 0.25) is 17.8 Å². The monoisotopic (exact) mass is 533 g/mol. The molecule has 1 atom stereocenters. The van der Waals surface area contributed by atoms with E-state index in [1.165, 1.54) is 18.5 Å². The van der Waals surface area contributed by atoms with Crippen molar-refractivity contribution in [2.24, 2.45) is 0 Å². The molecule has 39 heavy (non-hydrogen) atoms. The third-order valence-corrected chi connectivity index (χ3v) is 6.34. The van der Waals surface area contributed by atoms with Gasteiger partial charge in [-0.1, -0.05) is 6.07 Å². The number of hydrogen-bond donors (Lipinski definition) is 2. The first-order valence-corrected chi connectivity index (χ1v) is 12.7. The average Bonchev–Trinajstić information content (AvgIpc) is 3.41. The highest BCUT2D eigenvalue weighted by Gasteiger charge is 2.21. The fraction of sp³-hybridized carbons (Fsp3) is 0.360. The Bertz CT molecular complexity index is 1370. The van der Waals surface area contributed by atoms with Crippen LogP contribution in [0.2, 0.25) is 0 Å². The van der Waals surface area contributed by atoms with E-state index in [4.69, 9.17) is 9.47 Å². The fourth-order valence-corrected chi connectivity index (χ4v) is 4.40. The second-order valence-electron chi connectivity index (χ2n) is 9.13. The van der Waals surface area contributed by atoms with E-state index < -0.39 is 0 Å². The molecule has 2 fully saturated rings. The molecule has 0 radical (unpaired) electrons. The van der Waals surface area contributed by atoms with Crippen LogP contribution in [-0.4, -0.2) is 86.7 Å². The van der Waals surface area contributed by atoms with E-state index >= 15 is 0 Å². The first-order chi connectivity index (χ1) is 19.2. The smallest absolute Gasteiger partial charge is 0.232 e. The lowest BCUT2D eigenvalue weighted by Gasteiger charge is -2.34. The maximum atomic E-state index is 13.4. The third kappa shape index (κ3) is 6.35. The summed E-state index contributed by atoms with van der Waals surface area (Å²) in [7, 11) is 0. The maximum Gasteiger partial charge on any atom is 0.232 e. The van der Waals surface area contributed by atoms with Crippen molar-refractivity contribution in [3.8, 4) is 11.5 Å². The van der Waals surface area contributed by atoms with Crippen molar-refractivity contribution in [3.63, 3.8) is 0 Å². The quantitative estimate of drug-likeness (QED) is 0.343. The predicted molar refractivity (Wildman–Crippen MR) is 141 cm³/mol. The van der Waals surface area contributed by atoms with Gasteiger partial charge in [-0.3, -0.25) is 4.68 Å². The van der Waals surface area contributed by atoms with Crippen LogP contribution >= 0.6 is 0 Å². The summed E-state index contributed by atoms with van der Waals surface area (Å²) >= 11 is 0. The van der Waals surface area contributed by atoms with Crippen molar-refractivity contribution in [2.75, 3.05) is 61.0 Å². The van der Waals surface area contributed by atoms with Gasteiger partial charge in [0.15, 0.2) is 5.75 Å². The fourth-order valence-electron chi connectivity index (χ4n) is 4.40. The zero-order valence-electron chi connectivity index (χ0n) is 21.1. The Balaban J connectivity index is 1.02. The number of nitrogens with one attached hydrogen (secondary N) is 2. The van der Waals surface area contributed by atoms with Gasteiger partial charge in [0, 0.05) is 51.5 Å². The Labute approximate surface area is 224 Å². The molecule has 2 aliphatic rings. The Morgan fingerprint density at radius 2 is 1.82 bits per heavy atom. The number of piperazine rings is 1. The number of rotatable bonds is 8. The summed E-state index contributed by atoms with van der Waals surface area (Å²) < 4.78 is 26.6. The van der Waals surface area contributed by atoms with Crippen LogP contribution in [0.5, 0.6) is 11.5 Å². The molecule has 0 spiro atoms. The minimum absolute atomic E-state index is 0.103. The number of halogens is 1. The molecule has 1 aromatic carbocycles. The standard InChI is InChI=1S/C25H28FN11O2/c26-18-2-1-3-20(10-18)39-21-13-28-24(29-14-21)35-5-7-36(8-6-35)25-31-17-30-23(34-25)33-19-11-32-37(15-19)16-22-12-27-4-9-38-22/h1-3,10-11,13-15,17,22,27H,4-9,12,16H2,(H,30,31,33,34)/t22-/m0/s1. The lowest BCUT2D eigenvalue weighted by atomic mass is 10.3. The zero-order chi connectivity index (χ0) is 26.4. The van der Waals surface area contributed by atoms with Gasteiger partial charge < -0.3 is 29.9 Å². The Hall–Kier alpha value is -4.43. The minimum atomic E-state index is -0.363. The molecular formula is C25H28FN11O2. The molecular weight excluding hydrogens is 505 g/mol. The number of nitrogens with zero attached hydrogens (tertiary/aromatic N) is 9. The molecule has 2 saturated heterocycles. The predicted octanol–water partition coefficient (Wildman–Crippen LogP) is 1.85. The molecule has 0 amide bonds. The topological polar surface area (TPSA) is 131 Å². The van der Waals surface area contributed by atoms with Crippen molar-refractivity contribution < 1.29 is 13.9 Å². The van der Waals surface area contributed by atoms with Gasteiger partial charge in [0.1, 0.15) is 17.9 Å². The van der Waals surface area contributed by atoms with E-state index in [1.807, 2.05) is 10.9 Å². The molecule has 4 aromatic rings. The summed E-state index contributed by atoms with van der Waals surface area (Å²) in [6.45, 7) is 5.87. The van der Waals surface area contributed by atoms with Crippen LogP contribution in [0.3, 0.4) is 0 Å². The molecule has 3 aromatic heterocycles. The van der Waals surface area contributed by atoms with Gasteiger partial charge in [-0.05, 0) is 12.1 Å². The largest absolute Gasteiger partial charge is 0.454 e. The van der Waals surface area contributed by atoms with Gasteiger partial charge >= 0.3 is 0 Å². The van der Waals surface area contributed by atoms with E-state index in [9.17, 15) is 4.39 Å². The lowest BCUT2D eigenvalue weighted by molar-refractivity contribution is 0.0161. The SMILES string of the molecule is Fc1cccc(Oc2cnc(N3CCN(c4ncnc(Nc5cnn(C[C@@H]6CNCCO6)c5)n4)CC3)nc2)c1. The molecule has 5 heterocycles. The molecule has 13 nitrogen and oxygen atoms in total. The highest BCUT2D eigenvalue weighted by atomic mass is 19.1. The highest BCUT2D eigenvalue weighted by Crippen LogP contribution is 2.22. The number of ether oxygens (including phenoxy) is 2. The summed E-state index contributed by atoms with van der Waals surface area (Å²) in [4.78, 5) is 26.3. The summed E-state index contributed by atoms with van der Waals surface area (Å²) in [5.41, 5.74) is 0.794. The number of anilines is 4. The van der Waals surface area contributed by atoms with Crippen LogP contribution in [0, 0.1) is 5.82 Å². The maximum absolute atomic E-state index is 13.4. The molecule has 14 heteroatoms. The minimum Gasteiger partial charge on any atom is -0.454 e. The summed E-state index contributed by atoms with van der Waals surface area (Å²) in [6.07, 6.45) is 8.44. The van der Waals surface area contributed by atoms with Crippen LogP contribution in [0.4, 0.5) is 27.9 Å². The Morgan fingerprint density at radius 3 is 2.59 bits per heavy atom. The van der Waals surface area contributed by atoms with E-state index in [1.54, 1.807) is 30.7 Å². The first kappa shape index (κ1) is 24.9. The van der Waals surface area contributed by atoms with Gasteiger partial charge in [-0.2, -0.15) is 10.1 Å². The van der Waals surface area contributed by atoms with E-state index in [0.717, 1.165) is 18.8 Å². The second-order valence-corrected chi connectivity index (χ2v) is 9.13. The molecule has 6 rings (SSSR count). The molecule has 0 saturated carbocycles. The van der Waals surface area contributed by atoms with E-state index in [2.05, 4.69) is 50.5 Å². The number of hydrogen-bond acceptors (Lipinski definition) is 12. The van der Waals surface area contributed by atoms with Gasteiger partial charge in [0.25, 0.3) is 0 Å². The number of benzene rings is 1. The molecule has 0 unspecified atom stereocenters. The van der Waals surface area contributed by atoms with Crippen LogP contribution in [-0.2, 0) is 11.3 Å². The molecule has 2 aliphatic heterocycles. The molecule has 2 N–H and O–H groups in total. The highest BCUT2D eigenvalue weighted by molar-refractivity contribution is 5.51. The average molecular weight is 534 g/mol. The normalized spacial score (nSPS) is 17.7. The second kappa shape index (κ2) is 11.5. The third-order valence-electron chi connectivity index (χ3n) is 6.34. The van der Waals surface area contributed by atoms with E-state index in [0.29, 0.717) is 68.7 Å². The van der Waals surface area contributed by atoms with Crippen molar-refractivity contribution in [1.29, 1.82) is 0 Å². The van der Waals surface area contributed by atoms with Gasteiger partial charge in [-0.15, -0.1) is 0 Å². The van der Waals surface area contributed by atoms with Gasteiger partial charge in [0.05, 0.1) is 43.5 Å². The van der Waals surface area contributed by atoms with Crippen molar-refractivity contribution in [2.45, 2.75) is 12.6 Å². The van der Waals surface area contributed by atoms with Crippen molar-refractivity contribution in [1.82, 2.24) is 40.0 Å². The summed E-state index contributed by atoms with van der Waals surface area (Å²) in [6, 6.07) is 5.94. The van der Waals surface area contributed by atoms with Crippen LogP contribution in [0.1, 0.15) is 0 Å². The van der Waals surface area contributed by atoms with Crippen molar-refractivity contribution >= 4 is 23.5 Å². The Kier molecular flexibility index (Phi) is 7.36. The molecule has 0 bridgehead atoms. The van der Waals surface area contributed by atoms with Crippen LogP contribution in [0.15, 0.2) is 55.4 Å². The van der Waals surface area contributed by atoms with Crippen LogP contribution < -0.4 is 25.2 Å². The molecule has 202 valence electrons. The number of aromatic nitrogens is 7. The molecule has 0 aliphatic carbocycles. The number of morpholine rings is 1. The summed E-state index contributed by atoms with van der Waals surface area (Å²) in [5, 5.41) is 10.9. The van der Waals surface area contributed by atoms with Crippen LogP contribution in [0.25, 0.3) is 0 Å². The first-order valence-electron chi connectivity index (χ1n) is 12.7.